The third-order valence-electron chi connectivity index (χ3n) is 4.10. The van der Waals surface area contributed by atoms with Crippen molar-refractivity contribution in [1.29, 1.82) is 0 Å². The fraction of sp³-hybridized carbons (Fsp3) is 0.400. The quantitative estimate of drug-likeness (QED) is 0.750. The van der Waals surface area contributed by atoms with Gasteiger partial charge in [0, 0.05) is 18.5 Å². The molecule has 0 aliphatic carbocycles. The Hall–Kier alpha value is -1.95. The van der Waals surface area contributed by atoms with Crippen molar-refractivity contribution in [1.82, 2.24) is 15.0 Å². The van der Waals surface area contributed by atoms with Gasteiger partial charge in [0.15, 0.2) is 0 Å². The Morgan fingerprint density at radius 2 is 2.10 bits per heavy atom. The van der Waals surface area contributed by atoms with Crippen LogP contribution in [-0.2, 0) is 0 Å². The van der Waals surface area contributed by atoms with Gasteiger partial charge in [-0.05, 0) is 37.8 Å². The molecule has 0 saturated carbocycles. The van der Waals surface area contributed by atoms with Gasteiger partial charge >= 0.3 is 0 Å². The average molecular weight is 300 g/mol. The predicted molar refractivity (Wildman–Crippen MR) is 86.3 cm³/mol. The lowest BCUT2D eigenvalue weighted by Crippen LogP contribution is -2.30. The lowest BCUT2D eigenvalue weighted by Gasteiger charge is -2.28. The molecule has 0 unspecified atom stereocenters. The van der Waals surface area contributed by atoms with Crippen LogP contribution >= 0.6 is 11.3 Å². The van der Waals surface area contributed by atoms with E-state index in [0.29, 0.717) is 4.70 Å². The molecule has 4 rings (SSSR count). The van der Waals surface area contributed by atoms with Gasteiger partial charge in [-0.3, -0.25) is 4.79 Å². The highest BCUT2D eigenvalue weighted by atomic mass is 32.1. The second-order valence-electron chi connectivity index (χ2n) is 5.54. The highest BCUT2D eigenvalue weighted by Crippen LogP contribution is 2.33. The summed E-state index contributed by atoms with van der Waals surface area (Å²) in [5.41, 5.74) is 1.83. The molecule has 0 bridgehead atoms. The Labute approximate surface area is 125 Å². The third kappa shape index (κ3) is 2.01. The molecule has 0 atom stereocenters. The average Bonchev–Trinajstić information content (AvgIpc) is 2.89. The van der Waals surface area contributed by atoms with E-state index < -0.39 is 0 Å². The van der Waals surface area contributed by atoms with Crippen molar-refractivity contribution in [2.45, 2.75) is 26.2 Å². The first-order chi connectivity index (χ1) is 10.2. The molecule has 3 aromatic rings. The molecule has 1 aliphatic heterocycles. The summed E-state index contributed by atoms with van der Waals surface area (Å²) in [5, 5.41) is 1.02. The third-order valence-corrected chi connectivity index (χ3v) is 5.17. The zero-order valence-electron chi connectivity index (χ0n) is 11.8. The zero-order valence-corrected chi connectivity index (χ0v) is 12.7. The lowest BCUT2D eigenvalue weighted by molar-refractivity contribution is 0.574. The van der Waals surface area contributed by atoms with Crippen molar-refractivity contribution in [2.24, 2.45) is 0 Å². The van der Waals surface area contributed by atoms with Gasteiger partial charge in [-0.25, -0.2) is 9.97 Å². The summed E-state index contributed by atoms with van der Waals surface area (Å²) in [7, 11) is 0. The SMILES string of the molecule is Cc1cc(N2CCCCC2)nc2sc3c(=O)[nH]cnc3c12. The van der Waals surface area contributed by atoms with Crippen LogP contribution in [0.5, 0.6) is 0 Å². The van der Waals surface area contributed by atoms with Gasteiger partial charge in [0.2, 0.25) is 0 Å². The van der Waals surface area contributed by atoms with Crippen LogP contribution in [0, 0.1) is 6.92 Å². The number of pyridine rings is 1. The molecule has 0 amide bonds. The van der Waals surface area contributed by atoms with Gasteiger partial charge in [-0.2, -0.15) is 0 Å². The monoisotopic (exact) mass is 300 g/mol. The van der Waals surface area contributed by atoms with E-state index >= 15 is 0 Å². The number of aromatic amines is 1. The summed E-state index contributed by atoms with van der Waals surface area (Å²) in [6.45, 7) is 4.22. The summed E-state index contributed by atoms with van der Waals surface area (Å²) in [6, 6.07) is 2.13. The summed E-state index contributed by atoms with van der Waals surface area (Å²) < 4.78 is 0.666. The van der Waals surface area contributed by atoms with Gasteiger partial charge in [-0.15, -0.1) is 11.3 Å². The maximum atomic E-state index is 11.9. The minimum Gasteiger partial charge on any atom is -0.357 e. The van der Waals surface area contributed by atoms with Crippen LogP contribution in [0.15, 0.2) is 17.2 Å². The first kappa shape index (κ1) is 12.8. The number of aryl methyl sites for hydroxylation is 1. The first-order valence-corrected chi connectivity index (χ1v) is 8.08. The molecule has 21 heavy (non-hydrogen) atoms. The molecule has 0 spiro atoms. The fourth-order valence-electron chi connectivity index (χ4n) is 3.03. The molecule has 0 radical (unpaired) electrons. The Morgan fingerprint density at radius 1 is 1.29 bits per heavy atom. The highest BCUT2D eigenvalue weighted by molar-refractivity contribution is 7.25. The van der Waals surface area contributed by atoms with Gasteiger partial charge < -0.3 is 9.88 Å². The van der Waals surface area contributed by atoms with E-state index in [1.807, 2.05) is 0 Å². The van der Waals surface area contributed by atoms with Gasteiger partial charge in [0.25, 0.3) is 5.56 Å². The molecule has 5 nitrogen and oxygen atoms in total. The molecule has 108 valence electrons. The van der Waals surface area contributed by atoms with Crippen molar-refractivity contribution < 1.29 is 0 Å². The van der Waals surface area contributed by atoms with Crippen LogP contribution in [0.1, 0.15) is 24.8 Å². The summed E-state index contributed by atoms with van der Waals surface area (Å²) >= 11 is 1.44. The van der Waals surface area contributed by atoms with E-state index in [1.54, 1.807) is 0 Å². The highest BCUT2D eigenvalue weighted by Gasteiger charge is 2.17. The number of nitrogens with one attached hydrogen (secondary N) is 1. The number of H-pyrrole nitrogens is 1. The van der Waals surface area contributed by atoms with Crippen LogP contribution in [0.25, 0.3) is 20.4 Å². The van der Waals surface area contributed by atoms with Crippen molar-refractivity contribution in [3.63, 3.8) is 0 Å². The van der Waals surface area contributed by atoms with E-state index in [4.69, 9.17) is 4.98 Å². The smallest absolute Gasteiger partial charge is 0.268 e. The summed E-state index contributed by atoms with van der Waals surface area (Å²) in [6.07, 6.45) is 5.23. The van der Waals surface area contributed by atoms with Crippen LogP contribution < -0.4 is 10.5 Å². The number of aromatic nitrogens is 3. The van der Waals surface area contributed by atoms with E-state index in [-0.39, 0.29) is 5.56 Å². The number of hydrogen-bond donors (Lipinski definition) is 1. The molecule has 4 heterocycles. The van der Waals surface area contributed by atoms with Gasteiger partial charge in [0.05, 0.1) is 11.8 Å². The van der Waals surface area contributed by atoms with Crippen molar-refractivity contribution in [3.8, 4) is 0 Å². The largest absolute Gasteiger partial charge is 0.357 e. The van der Waals surface area contributed by atoms with E-state index in [9.17, 15) is 4.79 Å². The molecule has 1 saturated heterocycles. The number of rotatable bonds is 1. The van der Waals surface area contributed by atoms with E-state index in [0.717, 1.165) is 40.2 Å². The van der Waals surface area contributed by atoms with Crippen LogP contribution in [0.4, 0.5) is 5.82 Å². The van der Waals surface area contributed by atoms with Crippen LogP contribution in [-0.4, -0.2) is 28.0 Å². The first-order valence-electron chi connectivity index (χ1n) is 7.26. The Balaban J connectivity index is 1.95. The predicted octanol–water partition coefficient (Wildman–Crippen LogP) is 2.83. The number of nitrogens with zero attached hydrogens (tertiary/aromatic N) is 3. The van der Waals surface area contributed by atoms with Crippen molar-refractivity contribution >= 4 is 37.6 Å². The summed E-state index contributed by atoms with van der Waals surface area (Å²) in [5.74, 6) is 1.03. The van der Waals surface area contributed by atoms with Crippen molar-refractivity contribution in [2.75, 3.05) is 18.0 Å². The van der Waals surface area contributed by atoms with E-state index in [1.165, 1.54) is 36.9 Å². The minimum atomic E-state index is -0.0816. The standard InChI is InChI=1S/C15H16N4OS/c1-9-7-10(19-5-3-2-4-6-19)18-15-11(9)12-13(21-15)14(20)17-8-16-12/h7-8H,2-6H2,1H3,(H,16,17,20). The number of anilines is 1. The molecule has 1 aliphatic rings. The molecular weight excluding hydrogens is 284 g/mol. The molecule has 1 N–H and O–H groups in total. The van der Waals surface area contributed by atoms with Crippen LogP contribution in [0.2, 0.25) is 0 Å². The molecule has 0 aromatic carbocycles. The second kappa shape index (κ2) is 4.80. The minimum absolute atomic E-state index is 0.0816. The van der Waals surface area contributed by atoms with Crippen molar-refractivity contribution in [3.05, 3.63) is 28.3 Å². The van der Waals surface area contributed by atoms with Crippen LogP contribution in [0.3, 0.4) is 0 Å². The normalized spacial score (nSPS) is 16.0. The maximum absolute atomic E-state index is 11.9. The Morgan fingerprint density at radius 3 is 2.90 bits per heavy atom. The zero-order chi connectivity index (χ0) is 14.4. The fourth-order valence-corrected chi connectivity index (χ4v) is 4.13. The molecule has 1 fully saturated rings. The molecule has 3 aromatic heterocycles. The topological polar surface area (TPSA) is 61.9 Å². The Kier molecular flexibility index (Phi) is 2.92. The molecule has 6 heteroatoms. The Bertz CT molecular complexity index is 876. The maximum Gasteiger partial charge on any atom is 0.268 e. The number of fused-ring (bicyclic) bond motifs is 3. The summed E-state index contributed by atoms with van der Waals surface area (Å²) in [4.78, 5) is 26.9. The second-order valence-corrected chi connectivity index (χ2v) is 6.54. The number of thiophene rings is 1. The van der Waals surface area contributed by atoms with Gasteiger partial charge in [-0.1, -0.05) is 0 Å². The van der Waals surface area contributed by atoms with Gasteiger partial charge in [0.1, 0.15) is 15.3 Å². The molecular formula is C15H16N4OS. The number of hydrogen-bond acceptors (Lipinski definition) is 5. The number of piperidine rings is 1. The van der Waals surface area contributed by atoms with E-state index in [2.05, 4.69) is 27.9 Å². The lowest BCUT2D eigenvalue weighted by atomic mass is 10.1.